The molecule has 1 saturated heterocycles. The van der Waals surface area contributed by atoms with Gasteiger partial charge in [-0.25, -0.2) is 10.6 Å². The average molecular weight is 624 g/mol. The smallest absolute Gasteiger partial charge is 0.339 e. The van der Waals surface area contributed by atoms with Crippen LogP contribution in [0.25, 0.3) is 0 Å². The summed E-state index contributed by atoms with van der Waals surface area (Å²) in [5, 5.41) is 12.6. The van der Waals surface area contributed by atoms with Gasteiger partial charge in [0.05, 0.1) is 7.11 Å². The Balaban J connectivity index is 2.11. The number of aromatic carboxylic acids is 1. The fraction of sp³-hybridized carbons (Fsp3) is 0.323. The Bertz CT molecular complexity index is 1450. The van der Waals surface area contributed by atoms with Gasteiger partial charge in [-0.1, -0.05) is 52.3 Å². The van der Waals surface area contributed by atoms with Crippen molar-refractivity contribution in [2.75, 3.05) is 25.1 Å². The van der Waals surface area contributed by atoms with E-state index in [2.05, 4.69) is 31.6 Å². The van der Waals surface area contributed by atoms with Gasteiger partial charge < -0.3 is 20.1 Å². The highest BCUT2D eigenvalue weighted by Crippen LogP contribution is 2.49. The lowest BCUT2D eigenvalue weighted by molar-refractivity contribution is -0.124. The van der Waals surface area contributed by atoms with E-state index in [1.54, 1.807) is 6.07 Å². The number of rotatable bonds is 9. The lowest BCUT2D eigenvalue weighted by Crippen LogP contribution is -2.50. The largest absolute Gasteiger partial charge is 0.496 e. The summed E-state index contributed by atoms with van der Waals surface area (Å²) >= 11 is 3.61. The number of amides is 2. The zero-order valence-corrected chi connectivity index (χ0v) is 25.0. The van der Waals surface area contributed by atoms with E-state index < -0.39 is 17.3 Å². The number of hydrogen-bond donors (Lipinski definition) is 4. The van der Waals surface area contributed by atoms with Crippen LogP contribution in [0.15, 0.2) is 59.1 Å². The Hall–Kier alpha value is -3.89. The average Bonchev–Trinajstić information content (AvgIpc) is 2.98. The van der Waals surface area contributed by atoms with Crippen LogP contribution < -0.4 is 26.2 Å². The van der Waals surface area contributed by atoms with E-state index in [4.69, 9.17) is 10.6 Å². The molecule has 1 unspecified atom stereocenters. The summed E-state index contributed by atoms with van der Waals surface area (Å²) in [4.78, 5) is 40.2. The van der Waals surface area contributed by atoms with Gasteiger partial charge in [0.1, 0.15) is 16.7 Å². The van der Waals surface area contributed by atoms with Gasteiger partial charge in [0, 0.05) is 42.3 Å². The highest BCUT2D eigenvalue weighted by molar-refractivity contribution is 9.10. The standard InChI is InChI=1S/C31H35BrN4O5/c1-19-8-7-9-26(36-14-5-4-6-15-36)28(19)31(30(40)35-33,22-12-10-21(11-13-22)18-34-20(2)37)24-17-27(41-3)23(29(38)39)16-25(24)32/h7-13,16-17H,4-6,14-15,18,33H2,1-3H3,(H,34,37)(H,35,40)(H,38,39). The van der Waals surface area contributed by atoms with Crippen molar-refractivity contribution in [3.05, 3.63) is 92.5 Å². The zero-order chi connectivity index (χ0) is 29.7. The van der Waals surface area contributed by atoms with Crippen molar-refractivity contribution in [3.63, 3.8) is 0 Å². The molecule has 1 heterocycles. The van der Waals surface area contributed by atoms with Crippen LogP contribution in [0.5, 0.6) is 5.75 Å². The third-order valence-electron chi connectivity index (χ3n) is 7.65. The van der Waals surface area contributed by atoms with Crippen molar-refractivity contribution in [1.82, 2.24) is 10.7 Å². The molecule has 0 spiro atoms. The predicted octanol–water partition coefficient (Wildman–Crippen LogP) is 4.42. The summed E-state index contributed by atoms with van der Waals surface area (Å²) in [6.45, 7) is 5.43. The van der Waals surface area contributed by atoms with Crippen LogP contribution in [0.3, 0.4) is 0 Å². The lowest BCUT2D eigenvalue weighted by Gasteiger charge is -2.40. The summed E-state index contributed by atoms with van der Waals surface area (Å²) < 4.78 is 5.93. The Labute approximate surface area is 248 Å². The van der Waals surface area contributed by atoms with Crippen molar-refractivity contribution in [3.8, 4) is 5.75 Å². The van der Waals surface area contributed by atoms with E-state index in [9.17, 15) is 19.5 Å². The van der Waals surface area contributed by atoms with Crippen LogP contribution in [-0.4, -0.2) is 43.1 Å². The molecule has 3 aromatic carbocycles. The number of benzene rings is 3. The first-order valence-electron chi connectivity index (χ1n) is 13.5. The summed E-state index contributed by atoms with van der Waals surface area (Å²) in [5.74, 6) is 4.27. The van der Waals surface area contributed by atoms with Crippen molar-refractivity contribution in [2.24, 2.45) is 5.84 Å². The number of piperidine rings is 1. The van der Waals surface area contributed by atoms with Gasteiger partial charge in [0.15, 0.2) is 0 Å². The first-order valence-corrected chi connectivity index (χ1v) is 14.3. The Morgan fingerprint density at radius 2 is 1.76 bits per heavy atom. The molecule has 10 heteroatoms. The lowest BCUT2D eigenvalue weighted by atomic mass is 9.66. The SMILES string of the molecule is COc1cc(C(C(=O)NN)(c2ccc(CNC(C)=O)cc2)c2c(C)cccc2N2CCCCC2)c(Br)cc1C(=O)O. The van der Waals surface area contributed by atoms with Crippen molar-refractivity contribution in [1.29, 1.82) is 0 Å². The number of nitrogens with two attached hydrogens (primary N) is 1. The second-order valence-electron chi connectivity index (χ2n) is 10.2. The molecule has 0 radical (unpaired) electrons. The number of aryl methyl sites for hydroxylation is 1. The molecule has 1 aliphatic heterocycles. The van der Waals surface area contributed by atoms with Crippen molar-refractivity contribution < 1.29 is 24.2 Å². The maximum absolute atomic E-state index is 14.4. The van der Waals surface area contributed by atoms with Crippen molar-refractivity contribution in [2.45, 2.75) is 45.1 Å². The fourth-order valence-corrected chi connectivity index (χ4v) is 6.36. The molecule has 216 valence electrons. The number of carbonyl (C=O) groups is 3. The number of carboxylic acids is 1. The maximum atomic E-state index is 14.4. The highest BCUT2D eigenvalue weighted by Gasteiger charge is 2.48. The molecule has 4 rings (SSSR count). The third kappa shape index (κ3) is 5.80. The summed E-state index contributed by atoms with van der Waals surface area (Å²) in [6.07, 6.45) is 3.21. The number of nitrogens with zero attached hydrogens (tertiary/aromatic N) is 1. The first-order chi connectivity index (χ1) is 19.6. The van der Waals surface area contributed by atoms with Gasteiger partial charge in [-0.15, -0.1) is 0 Å². The minimum Gasteiger partial charge on any atom is -0.496 e. The van der Waals surface area contributed by atoms with Crippen molar-refractivity contribution >= 4 is 39.4 Å². The van der Waals surface area contributed by atoms with Crippen LogP contribution in [0.2, 0.25) is 0 Å². The van der Waals surface area contributed by atoms with E-state index in [0.29, 0.717) is 22.1 Å². The molecule has 3 aromatic rings. The quantitative estimate of drug-likeness (QED) is 0.120. The minimum absolute atomic E-state index is 0.0446. The molecule has 41 heavy (non-hydrogen) atoms. The molecule has 5 N–H and O–H groups in total. The topological polar surface area (TPSA) is 134 Å². The number of nitrogens with one attached hydrogen (secondary N) is 2. The number of hydrogen-bond acceptors (Lipinski definition) is 6. The monoisotopic (exact) mass is 622 g/mol. The molecule has 0 aromatic heterocycles. The molecule has 1 aliphatic rings. The molecular formula is C31H35BrN4O5. The van der Waals surface area contributed by atoms with Gasteiger partial charge >= 0.3 is 5.97 Å². The molecular weight excluding hydrogens is 588 g/mol. The van der Waals surface area contributed by atoms with E-state index in [1.165, 1.54) is 20.1 Å². The van der Waals surface area contributed by atoms with Crippen LogP contribution in [0.1, 0.15) is 64.4 Å². The van der Waals surface area contributed by atoms with E-state index in [-0.39, 0.29) is 17.2 Å². The Morgan fingerprint density at radius 1 is 1.07 bits per heavy atom. The summed E-state index contributed by atoms with van der Waals surface area (Å²) in [5.41, 5.74) is 5.33. The first kappa shape index (κ1) is 30.1. The van der Waals surface area contributed by atoms with Gasteiger partial charge in [-0.3, -0.25) is 15.0 Å². The zero-order valence-electron chi connectivity index (χ0n) is 23.4. The number of carboxylic acid groups (broad SMARTS) is 1. The number of hydrazine groups is 1. The van der Waals surface area contributed by atoms with Crippen LogP contribution in [-0.2, 0) is 21.5 Å². The molecule has 1 atom stereocenters. The highest BCUT2D eigenvalue weighted by atomic mass is 79.9. The van der Waals surface area contributed by atoms with Gasteiger partial charge in [0.2, 0.25) is 5.91 Å². The molecule has 1 fully saturated rings. The molecule has 2 amide bonds. The minimum atomic E-state index is -1.51. The van der Waals surface area contributed by atoms with Crippen LogP contribution >= 0.6 is 15.9 Å². The number of ether oxygens (including phenoxy) is 1. The second-order valence-corrected chi connectivity index (χ2v) is 11.0. The third-order valence-corrected chi connectivity index (χ3v) is 8.30. The van der Waals surface area contributed by atoms with Crippen LogP contribution in [0.4, 0.5) is 5.69 Å². The molecule has 0 saturated carbocycles. The second kappa shape index (κ2) is 12.7. The normalized spacial score (nSPS) is 14.6. The van der Waals surface area contributed by atoms with Gasteiger partial charge in [0.25, 0.3) is 5.91 Å². The summed E-state index contributed by atoms with van der Waals surface area (Å²) in [7, 11) is 1.40. The fourth-order valence-electron chi connectivity index (χ4n) is 5.72. The van der Waals surface area contributed by atoms with E-state index in [0.717, 1.165) is 54.7 Å². The number of carbonyl (C=O) groups excluding carboxylic acids is 2. The van der Waals surface area contributed by atoms with Gasteiger partial charge in [-0.05, 0) is 66.6 Å². The van der Waals surface area contributed by atoms with Gasteiger partial charge in [-0.2, -0.15) is 0 Å². The molecule has 0 bridgehead atoms. The summed E-state index contributed by atoms with van der Waals surface area (Å²) in [6, 6.07) is 16.4. The van der Waals surface area contributed by atoms with E-state index >= 15 is 0 Å². The molecule has 0 aliphatic carbocycles. The van der Waals surface area contributed by atoms with Crippen LogP contribution in [0, 0.1) is 6.92 Å². The number of anilines is 1. The Kier molecular flexibility index (Phi) is 9.35. The van der Waals surface area contributed by atoms with E-state index in [1.807, 2.05) is 49.4 Å². The predicted molar refractivity (Wildman–Crippen MR) is 161 cm³/mol. The Morgan fingerprint density at radius 3 is 2.34 bits per heavy atom. The number of methoxy groups -OCH3 is 1. The number of halogens is 1. The molecule has 9 nitrogen and oxygen atoms in total. The maximum Gasteiger partial charge on any atom is 0.339 e.